The van der Waals surface area contributed by atoms with Crippen molar-refractivity contribution >= 4 is 17.9 Å². The summed E-state index contributed by atoms with van der Waals surface area (Å²) >= 11 is 0. The second-order valence-electron chi connectivity index (χ2n) is 22.0. The van der Waals surface area contributed by atoms with Crippen LogP contribution in [0.1, 0.15) is 355 Å². The number of rotatable bonds is 60. The number of hydrogen-bond donors (Lipinski definition) is 0. The minimum atomic E-state index is -0.774. The molecule has 6 heteroatoms. The summed E-state index contributed by atoms with van der Waals surface area (Å²) in [5.41, 5.74) is 0. The van der Waals surface area contributed by atoms with Crippen molar-refractivity contribution in [1.82, 2.24) is 0 Å². The van der Waals surface area contributed by atoms with Crippen LogP contribution in [0.2, 0.25) is 0 Å². The fourth-order valence-electron chi connectivity index (χ4n) is 9.71. The Hall–Kier alpha value is -2.37. The first-order valence-electron chi connectivity index (χ1n) is 32.5. The first-order chi connectivity index (χ1) is 36.0. The number of unbranched alkanes of at least 4 members (excludes halogenated alkanes) is 43. The van der Waals surface area contributed by atoms with Gasteiger partial charge in [0, 0.05) is 19.3 Å². The van der Waals surface area contributed by atoms with E-state index in [1.54, 1.807) is 0 Å². The summed E-state index contributed by atoms with van der Waals surface area (Å²) in [7, 11) is 0. The predicted molar refractivity (Wildman–Crippen MR) is 316 cm³/mol. The summed E-state index contributed by atoms with van der Waals surface area (Å²) in [5.74, 6) is -0.857. The van der Waals surface area contributed by atoms with Crippen molar-refractivity contribution in [1.29, 1.82) is 0 Å². The molecule has 73 heavy (non-hydrogen) atoms. The zero-order valence-electron chi connectivity index (χ0n) is 49.2. The van der Waals surface area contributed by atoms with Crippen LogP contribution in [0.4, 0.5) is 0 Å². The van der Waals surface area contributed by atoms with Gasteiger partial charge in [-0.25, -0.2) is 0 Å². The van der Waals surface area contributed by atoms with Crippen LogP contribution in [0.5, 0.6) is 0 Å². The number of ether oxygens (including phenoxy) is 3. The molecule has 0 aliphatic carbocycles. The molecule has 0 rings (SSSR count). The standard InChI is InChI=1S/C67H124O6/c1-4-7-10-13-16-19-22-25-28-30-31-32-33-34-35-37-39-42-45-48-51-54-57-60-66(69)72-63-64(62-71-65(68)59-56-53-50-47-44-41-38-27-24-21-18-15-12-9-6-3)73-67(70)61-58-55-52-49-46-43-40-36-29-26-23-20-17-14-11-8-5-2/h22,25,27,30-31,38,64H,4-21,23-24,26,28-29,32-37,39-63H2,1-3H3/b25-22-,31-30-,38-27-. The van der Waals surface area contributed by atoms with E-state index in [0.717, 1.165) is 70.6 Å². The molecule has 0 aromatic heterocycles. The van der Waals surface area contributed by atoms with Gasteiger partial charge in [-0.2, -0.15) is 0 Å². The van der Waals surface area contributed by atoms with Crippen molar-refractivity contribution in [3.8, 4) is 0 Å². The molecule has 0 saturated carbocycles. The molecule has 0 fully saturated rings. The van der Waals surface area contributed by atoms with E-state index in [9.17, 15) is 14.4 Å². The molecule has 0 aromatic carbocycles. The van der Waals surface area contributed by atoms with E-state index in [1.807, 2.05) is 0 Å². The zero-order valence-corrected chi connectivity index (χ0v) is 49.2. The molecule has 1 atom stereocenters. The minimum absolute atomic E-state index is 0.0715. The lowest BCUT2D eigenvalue weighted by molar-refractivity contribution is -0.167. The lowest BCUT2D eigenvalue weighted by atomic mass is 10.0. The van der Waals surface area contributed by atoms with Crippen molar-refractivity contribution in [2.45, 2.75) is 361 Å². The zero-order chi connectivity index (χ0) is 52.9. The van der Waals surface area contributed by atoms with Crippen LogP contribution >= 0.6 is 0 Å². The first kappa shape index (κ1) is 70.6. The van der Waals surface area contributed by atoms with Gasteiger partial charge in [0.05, 0.1) is 0 Å². The van der Waals surface area contributed by atoms with Crippen molar-refractivity contribution in [3.05, 3.63) is 36.5 Å². The largest absolute Gasteiger partial charge is 0.462 e. The van der Waals surface area contributed by atoms with Crippen LogP contribution in [0, 0.1) is 0 Å². The molecule has 0 amide bonds. The number of esters is 3. The molecule has 0 saturated heterocycles. The highest BCUT2D eigenvalue weighted by Crippen LogP contribution is 2.17. The van der Waals surface area contributed by atoms with Crippen LogP contribution in [0.3, 0.4) is 0 Å². The Kier molecular flexibility index (Phi) is 60.2. The molecule has 0 aliphatic rings. The SMILES string of the molecule is CCCCCCC/C=C\C/C=C\CCCCCCCCCCCCCC(=O)OCC(COC(=O)CCCCCCC/C=C\CCCCCCCC)OC(=O)CCCCCCCCCCCCCCCCCCC. The Labute approximate surface area is 455 Å². The van der Waals surface area contributed by atoms with Gasteiger partial charge < -0.3 is 14.2 Å². The average Bonchev–Trinajstić information content (AvgIpc) is 3.39. The van der Waals surface area contributed by atoms with E-state index in [0.29, 0.717) is 19.3 Å². The van der Waals surface area contributed by atoms with Crippen molar-refractivity contribution < 1.29 is 28.6 Å². The minimum Gasteiger partial charge on any atom is -0.462 e. The van der Waals surface area contributed by atoms with Crippen LogP contribution in [-0.2, 0) is 28.6 Å². The highest BCUT2D eigenvalue weighted by atomic mass is 16.6. The van der Waals surface area contributed by atoms with Gasteiger partial charge in [0.2, 0.25) is 0 Å². The van der Waals surface area contributed by atoms with Crippen LogP contribution in [0.25, 0.3) is 0 Å². The van der Waals surface area contributed by atoms with E-state index in [-0.39, 0.29) is 31.1 Å². The molecule has 0 N–H and O–H groups in total. The maximum Gasteiger partial charge on any atom is 0.306 e. The quantitative estimate of drug-likeness (QED) is 0.0261. The molecule has 0 bridgehead atoms. The van der Waals surface area contributed by atoms with Crippen LogP contribution < -0.4 is 0 Å². The normalized spacial score (nSPS) is 12.2. The molecular formula is C67H124O6. The van der Waals surface area contributed by atoms with Gasteiger partial charge in [0.15, 0.2) is 6.10 Å². The fraction of sp³-hybridized carbons (Fsp3) is 0.866. The second kappa shape index (κ2) is 62.2. The van der Waals surface area contributed by atoms with Gasteiger partial charge in [-0.05, 0) is 77.0 Å². The summed E-state index contributed by atoms with van der Waals surface area (Å²) in [5, 5.41) is 0. The highest BCUT2D eigenvalue weighted by Gasteiger charge is 2.19. The summed E-state index contributed by atoms with van der Waals surface area (Å²) in [6.45, 7) is 6.68. The Morgan fingerprint density at radius 1 is 0.274 bits per heavy atom. The van der Waals surface area contributed by atoms with Crippen molar-refractivity contribution in [2.75, 3.05) is 13.2 Å². The number of carbonyl (C=O) groups excluding carboxylic acids is 3. The van der Waals surface area contributed by atoms with Crippen molar-refractivity contribution in [3.63, 3.8) is 0 Å². The monoisotopic (exact) mass is 1020 g/mol. The van der Waals surface area contributed by atoms with E-state index < -0.39 is 6.10 Å². The van der Waals surface area contributed by atoms with Gasteiger partial charge >= 0.3 is 17.9 Å². The van der Waals surface area contributed by atoms with Gasteiger partial charge in [-0.3, -0.25) is 14.4 Å². The third kappa shape index (κ3) is 60.4. The number of hydrogen-bond acceptors (Lipinski definition) is 6. The van der Waals surface area contributed by atoms with Crippen LogP contribution in [0.15, 0.2) is 36.5 Å². The lowest BCUT2D eigenvalue weighted by Crippen LogP contribution is -2.30. The Morgan fingerprint density at radius 3 is 0.767 bits per heavy atom. The van der Waals surface area contributed by atoms with E-state index in [4.69, 9.17) is 14.2 Å². The van der Waals surface area contributed by atoms with Gasteiger partial charge in [-0.1, -0.05) is 295 Å². The molecule has 428 valence electrons. The fourth-order valence-corrected chi connectivity index (χ4v) is 9.71. The molecule has 0 heterocycles. The second-order valence-corrected chi connectivity index (χ2v) is 22.0. The van der Waals surface area contributed by atoms with Crippen LogP contribution in [-0.4, -0.2) is 37.2 Å². The maximum absolute atomic E-state index is 12.9. The summed E-state index contributed by atoms with van der Waals surface area (Å²) < 4.78 is 16.9. The third-order valence-electron chi connectivity index (χ3n) is 14.6. The van der Waals surface area contributed by atoms with Gasteiger partial charge in [0.1, 0.15) is 13.2 Å². The molecule has 0 radical (unpaired) electrons. The average molecular weight is 1030 g/mol. The first-order valence-corrected chi connectivity index (χ1v) is 32.5. The van der Waals surface area contributed by atoms with Crippen molar-refractivity contribution in [2.24, 2.45) is 0 Å². The Balaban J connectivity index is 4.30. The summed E-state index contributed by atoms with van der Waals surface area (Å²) in [6.07, 6.45) is 75.8. The Morgan fingerprint density at radius 2 is 0.493 bits per heavy atom. The molecule has 6 nitrogen and oxygen atoms in total. The molecule has 0 aromatic rings. The molecular weight excluding hydrogens is 901 g/mol. The molecule has 1 unspecified atom stereocenters. The maximum atomic E-state index is 12.9. The predicted octanol–water partition coefficient (Wildman–Crippen LogP) is 22.0. The highest BCUT2D eigenvalue weighted by molar-refractivity contribution is 5.71. The summed E-state index contributed by atoms with van der Waals surface area (Å²) in [6, 6.07) is 0. The topological polar surface area (TPSA) is 78.9 Å². The number of allylic oxidation sites excluding steroid dienone is 6. The van der Waals surface area contributed by atoms with E-state index in [2.05, 4.69) is 57.2 Å². The third-order valence-corrected chi connectivity index (χ3v) is 14.6. The smallest absolute Gasteiger partial charge is 0.306 e. The number of carbonyl (C=O) groups is 3. The lowest BCUT2D eigenvalue weighted by Gasteiger charge is -2.18. The van der Waals surface area contributed by atoms with E-state index in [1.165, 1.54) is 244 Å². The Bertz CT molecular complexity index is 1220. The summed E-state index contributed by atoms with van der Waals surface area (Å²) in [4.78, 5) is 38.3. The van der Waals surface area contributed by atoms with Gasteiger partial charge in [0.25, 0.3) is 0 Å². The molecule has 0 spiro atoms. The van der Waals surface area contributed by atoms with Gasteiger partial charge in [-0.15, -0.1) is 0 Å². The van der Waals surface area contributed by atoms with E-state index >= 15 is 0 Å². The molecule has 0 aliphatic heterocycles.